The van der Waals surface area contributed by atoms with E-state index in [1.54, 1.807) is 13.3 Å². The molecule has 56 heavy (non-hydrogen) atoms. The van der Waals surface area contributed by atoms with Crippen molar-refractivity contribution in [3.63, 3.8) is 0 Å². The molecule has 3 aromatic carbocycles. The van der Waals surface area contributed by atoms with E-state index < -0.39 is 14.7 Å². The van der Waals surface area contributed by atoms with Crippen LogP contribution in [0.5, 0.6) is 17.2 Å². The first kappa shape index (κ1) is 59.1. The summed E-state index contributed by atoms with van der Waals surface area (Å²) in [6, 6.07) is 18.7. The van der Waals surface area contributed by atoms with Gasteiger partial charge in [-0.05, 0) is 68.9 Å². The summed E-state index contributed by atoms with van der Waals surface area (Å²) in [5, 5.41) is 9.93. The number of aromatic hydroxyl groups is 1. The van der Waals surface area contributed by atoms with E-state index in [1.165, 1.54) is 24.5 Å². The van der Waals surface area contributed by atoms with Crippen molar-refractivity contribution in [2.45, 2.75) is 126 Å². The Labute approximate surface area is 367 Å². The molecule has 0 unspecified atom stereocenters. The fourth-order valence-corrected chi connectivity index (χ4v) is 5.49. The molecule has 0 spiro atoms. The van der Waals surface area contributed by atoms with Crippen LogP contribution in [0.2, 0.25) is 0 Å². The minimum absolute atomic E-state index is 0. The Morgan fingerprint density at radius 2 is 0.786 bits per heavy atom. The number of phenolic OH excluding ortho intramolecular Hbond substituents is 1. The molecule has 0 saturated carbocycles. The van der Waals surface area contributed by atoms with Crippen LogP contribution in [0.25, 0.3) is 0 Å². The Bertz CT molecular complexity index is 1510. The van der Waals surface area contributed by atoms with E-state index in [4.69, 9.17) is 42.1 Å². The largest absolute Gasteiger partial charge is 0.507 e. The van der Waals surface area contributed by atoms with Crippen molar-refractivity contribution in [2.24, 2.45) is 0 Å². The Kier molecular flexibility index (Phi) is 31.5. The first-order valence-electron chi connectivity index (χ1n) is 19.2. The van der Waals surface area contributed by atoms with Gasteiger partial charge in [0.15, 0.2) is 27.6 Å². The number of hydrogen-bond donors (Lipinski definition) is 2. The summed E-state index contributed by atoms with van der Waals surface area (Å²) in [5.74, 6) is 5.50. The first-order chi connectivity index (χ1) is 25.2. The van der Waals surface area contributed by atoms with Crippen LogP contribution in [0.4, 0.5) is 0 Å². The topological polar surface area (TPSA) is 102 Å². The number of phenols is 1. The fraction of sp³-hybridized carbons (Fsp3) is 0.591. The van der Waals surface area contributed by atoms with E-state index in [-0.39, 0.29) is 35.2 Å². The van der Waals surface area contributed by atoms with Gasteiger partial charge in [-0.15, -0.1) is 11.6 Å². The zero-order chi connectivity index (χ0) is 43.3. The van der Waals surface area contributed by atoms with E-state index >= 15 is 0 Å². The standard InChI is InChI=1S/C15H25O3P.C13H19ClO.C12H18O.C2H5Cl.C2H7O2P.Ag/c1-11(2)13-8-7-9-14(12(3)4)15(13)17-10-18-19(5,6)16;1-9(2)11-6-5-7-12(10(3)4)13(11)15-8-14;1-8(2)10-6-5-7-11(9(3)4)12(10)13;1-2-3;1-5(2,3)4;/h7-9,11-12H,10H2,1-6H3;5-7,9-10H,8H2,1-4H3;5-9,13H,1-4H3;2H2,1H3;1-2H3,(H,3,4);. The average Bonchev–Trinajstić information content (AvgIpc) is 3.04. The minimum atomic E-state index is -2.64. The maximum absolute atomic E-state index is 11.5. The van der Waals surface area contributed by atoms with Gasteiger partial charge in [0.1, 0.15) is 17.2 Å². The van der Waals surface area contributed by atoms with E-state index in [0.717, 1.165) is 39.6 Å². The third-order valence-corrected chi connectivity index (χ3v) is 8.58. The molecular formula is C44H74AgCl2O7P2. The van der Waals surface area contributed by atoms with Crippen LogP contribution in [-0.2, 0) is 36.0 Å². The quantitative estimate of drug-likeness (QED) is 0.0807. The molecule has 0 amide bonds. The smallest absolute Gasteiger partial charge is 0.200 e. The number of halogens is 2. The van der Waals surface area contributed by atoms with Gasteiger partial charge in [0.25, 0.3) is 0 Å². The number of hydrogen-bond acceptors (Lipinski definition) is 6. The summed E-state index contributed by atoms with van der Waals surface area (Å²) < 4.78 is 37.9. The van der Waals surface area contributed by atoms with Gasteiger partial charge >= 0.3 is 0 Å². The van der Waals surface area contributed by atoms with E-state index in [1.807, 2.05) is 25.1 Å². The van der Waals surface area contributed by atoms with Crippen molar-refractivity contribution in [3.8, 4) is 17.2 Å². The number of ether oxygens (including phenoxy) is 2. The molecule has 0 aliphatic rings. The third kappa shape index (κ3) is 25.3. The molecule has 0 bridgehead atoms. The Balaban J connectivity index is -0.000000688. The summed E-state index contributed by atoms with van der Waals surface area (Å²) >= 11 is 10.7. The zero-order valence-electron chi connectivity index (χ0n) is 37.2. The molecule has 0 atom stereocenters. The van der Waals surface area contributed by atoms with Crippen LogP contribution < -0.4 is 9.47 Å². The molecule has 3 aromatic rings. The van der Waals surface area contributed by atoms with Crippen LogP contribution in [0, 0.1) is 0 Å². The van der Waals surface area contributed by atoms with Crippen LogP contribution >= 0.6 is 37.9 Å². The van der Waals surface area contributed by atoms with Crippen molar-refractivity contribution in [1.82, 2.24) is 0 Å². The summed E-state index contributed by atoms with van der Waals surface area (Å²) in [6.07, 6.45) is 0. The molecule has 12 heteroatoms. The Hall–Kier alpha value is -1.24. The summed E-state index contributed by atoms with van der Waals surface area (Å²) in [5.41, 5.74) is 6.90. The van der Waals surface area contributed by atoms with Crippen LogP contribution in [0.1, 0.15) is 159 Å². The normalized spacial score (nSPS) is 11.1. The molecule has 0 aromatic heterocycles. The predicted molar refractivity (Wildman–Crippen MR) is 241 cm³/mol. The second-order valence-corrected chi connectivity index (χ2v) is 21.8. The van der Waals surface area contributed by atoms with Crippen molar-refractivity contribution in [2.75, 3.05) is 45.4 Å². The number of para-hydroxylation sites is 3. The van der Waals surface area contributed by atoms with Crippen molar-refractivity contribution in [1.29, 1.82) is 0 Å². The van der Waals surface area contributed by atoms with E-state index in [9.17, 15) is 14.2 Å². The maximum Gasteiger partial charge on any atom is 0.200 e. The van der Waals surface area contributed by atoms with Crippen LogP contribution in [0.3, 0.4) is 0 Å². The second-order valence-electron chi connectivity index (χ2n) is 15.7. The van der Waals surface area contributed by atoms with Gasteiger partial charge in [-0.3, -0.25) is 13.7 Å². The van der Waals surface area contributed by atoms with Crippen LogP contribution in [-0.4, -0.2) is 55.4 Å². The van der Waals surface area contributed by atoms with E-state index in [0.29, 0.717) is 41.3 Å². The van der Waals surface area contributed by atoms with Gasteiger partial charge < -0.3 is 19.5 Å². The molecular weight excluding hydrogens is 881 g/mol. The molecule has 0 saturated heterocycles. The zero-order valence-corrected chi connectivity index (χ0v) is 42.0. The fourth-order valence-electron chi connectivity index (χ4n) is 5.08. The Morgan fingerprint density at radius 3 is 1.00 bits per heavy atom. The van der Waals surface area contributed by atoms with Gasteiger partial charge in [-0.2, -0.15) is 0 Å². The molecule has 3 rings (SSSR count). The molecule has 2 N–H and O–H groups in total. The van der Waals surface area contributed by atoms with Gasteiger partial charge in [0, 0.05) is 54.9 Å². The SMILES string of the molecule is CC(C)c1cccc(C(C)C)c1O.CC(C)c1cccc(C(C)C)c1OCCl.CC(C)c1cccc(C(C)C)c1OCOP(C)(C)=O.CCCl.CP(C)(=O)O.[Ag]. The molecule has 0 aliphatic carbocycles. The van der Waals surface area contributed by atoms with Gasteiger partial charge in [-0.1, -0.05) is 156 Å². The molecule has 0 aliphatic heterocycles. The average molecular weight is 956 g/mol. The summed E-state index contributed by atoms with van der Waals surface area (Å²) in [7, 11) is -5.14. The van der Waals surface area contributed by atoms with E-state index in [2.05, 4.69) is 119 Å². The van der Waals surface area contributed by atoms with Crippen molar-refractivity contribution >= 4 is 37.9 Å². The maximum atomic E-state index is 11.5. The first-order valence-corrected chi connectivity index (χ1v) is 25.3. The Morgan fingerprint density at radius 1 is 0.554 bits per heavy atom. The van der Waals surface area contributed by atoms with Gasteiger partial charge in [-0.25, -0.2) is 0 Å². The summed E-state index contributed by atoms with van der Waals surface area (Å²) in [6.45, 7) is 33.3. The molecule has 327 valence electrons. The van der Waals surface area contributed by atoms with Crippen molar-refractivity contribution < 1.29 is 55.5 Å². The number of alkyl halides is 2. The predicted octanol–water partition coefficient (Wildman–Crippen LogP) is 14.7. The third-order valence-electron chi connectivity index (χ3n) is 7.75. The molecule has 1 radical (unpaired) electrons. The number of rotatable bonds is 12. The number of benzene rings is 3. The molecule has 0 heterocycles. The summed E-state index contributed by atoms with van der Waals surface area (Å²) in [4.78, 5) is 8.08. The molecule has 0 fully saturated rings. The second kappa shape index (κ2) is 29.9. The van der Waals surface area contributed by atoms with Gasteiger partial charge in [0.2, 0.25) is 0 Å². The molecule has 7 nitrogen and oxygen atoms in total. The van der Waals surface area contributed by atoms with Gasteiger partial charge in [0.05, 0.1) is 0 Å². The van der Waals surface area contributed by atoms with Crippen LogP contribution in [0.15, 0.2) is 54.6 Å². The van der Waals surface area contributed by atoms with Crippen molar-refractivity contribution in [3.05, 3.63) is 88.0 Å². The minimum Gasteiger partial charge on any atom is -0.507 e. The monoisotopic (exact) mass is 953 g/mol.